The number of aromatic nitrogens is 2. The first kappa shape index (κ1) is 12.9. The molecular formula is C13H16N4O2. The van der Waals surface area contributed by atoms with Crippen molar-refractivity contribution >= 4 is 17.3 Å². The second kappa shape index (κ2) is 5.43. The van der Waals surface area contributed by atoms with Crippen molar-refractivity contribution in [1.29, 1.82) is 0 Å². The van der Waals surface area contributed by atoms with Gasteiger partial charge in [-0.25, -0.2) is 0 Å². The van der Waals surface area contributed by atoms with Gasteiger partial charge in [0.15, 0.2) is 0 Å². The summed E-state index contributed by atoms with van der Waals surface area (Å²) in [5, 5.41) is 6.80. The summed E-state index contributed by atoms with van der Waals surface area (Å²) in [6.07, 6.45) is 3.36. The molecular weight excluding hydrogens is 244 g/mol. The van der Waals surface area contributed by atoms with Crippen LogP contribution in [0.25, 0.3) is 0 Å². The monoisotopic (exact) mass is 260 g/mol. The molecule has 6 heteroatoms. The number of nitrogens with zero attached hydrogens (tertiary/aromatic N) is 2. The van der Waals surface area contributed by atoms with Crippen molar-refractivity contribution in [3.63, 3.8) is 0 Å². The van der Waals surface area contributed by atoms with Gasteiger partial charge in [-0.3, -0.25) is 9.48 Å². The molecule has 6 nitrogen and oxygen atoms in total. The van der Waals surface area contributed by atoms with Crippen molar-refractivity contribution in [2.45, 2.75) is 13.0 Å². The van der Waals surface area contributed by atoms with Crippen LogP contribution in [0.15, 0.2) is 36.7 Å². The smallest absolute Gasteiger partial charge is 0.249 e. The van der Waals surface area contributed by atoms with Gasteiger partial charge in [-0.15, -0.1) is 0 Å². The van der Waals surface area contributed by atoms with Crippen LogP contribution in [0.2, 0.25) is 0 Å². The molecule has 0 aliphatic carbocycles. The summed E-state index contributed by atoms with van der Waals surface area (Å²) < 4.78 is 6.67. The molecule has 1 heterocycles. The Morgan fingerprint density at radius 3 is 2.95 bits per heavy atom. The maximum atomic E-state index is 12.1. The molecule has 0 radical (unpaired) electrons. The average molecular weight is 260 g/mol. The van der Waals surface area contributed by atoms with Gasteiger partial charge in [-0.2, -0.15) is 5.10 Å². The van der Waals surface area contributed by atoms with E-state index in [1.165, 1.54) is 0 Å². The Balaban J connectivity index is 2.14. The summed E-state index contributed by atoms with van der Waals surface area (Å²) >= 11 is 0. The highest BCUT2D eigenvalue weighted by Gasteiger charge is 2.16. The van der Waals surface area contributed by atoms with Crippen molar-refractivity contribution in [1.82, 2.24) is 9.78 Å². The third-order valence-corrected chi connectivity index (χ3v) is 2.82. The number of methoxy groups -OCH3 is 1. The largest absolute Gasteiger partial charge is 0.497 e. The van der Waals surface area contributed by atoms with Crippen LogP contribution in [-0.2, 0) is 4.79 Å². The number of anilines is 2. The van der Waals surface area contributed by atoms with E-state index >= 15 is 0 Å². The number of hydrogen-bond acceptors (Lipinski definition) is 4. The first-order valence-corrected chi connectivity index (χ1v) is 5.85. The highest BCUT2D eigenvalue weighted by Crippen LogP contribution is 2.25. The lowest BCUT2D eigenvalue weighted by Crippen LogP contribution is -2.24. The molecule has 0 fully saturated rings. The zero-order valence-electron chi connectivity index (χ0n) is 10.8. The molecule has 0 spiro atoms. The number of hydrogen-bond donors (Lipinski definition) is 2. The topological polar surface area (TPSA) is 82.2 Å². The minimum Gasteiger partial charge on any atom is -0.497 e. The molecule has 1 amide bonds. The van der Waals surface area contributed by atoms with Crippen LogP contribution in [0.5, 0.6) is 5.75 Å². The normalized spacial score (nSPS) is 11.9. The second-order valence-corrected chi connectivity index (χ2v) is 4.10. The van der Waals surface area contributed by atoms with Gasteiger partial charge in [-0.1, -0.05) is 0 Å². The summed E-state index contributed by atoms with van der Waals surface area (Å²) in [5.74, 6) is 0.444. The van der Waals surface area contributed by atoms with E-state index in [1.807, 2.05) is 0 Å². The van der Waals surface area contributed by atoms with E-state index in [9.17, 15) is 4.79 Å². The molecule has 2 rings (SSSR count). The highest BCUT2D eigenvalue weighted by atomic mass is 16.5. The van der Waals surface area contributed by atoms with Gasteiger partial charge in [0.2, 0.25) is 5.91 Å². The number of carbonyl (C=O) groups is 1. The van der Waals surface area contributed by atoms with Gasteiger partial charge in [0.25, 0.3) is 0 Å². The van der Waals surface area contributed by atoms with Crippen molar-refractivity contribution in [3.05, 3.63) is 36.7 Å². The lowest BCUT2D eigenvalue weighted by atomic mass is 10.2. The van der Waals surface area contributed by atoms with E-state index in [0.29, 0.717) is 17.1 Å². The number of ether oxygens (including phenoxy) is 1. The van der Waals surface area contributed by atoms with Crippen LogP contribution >= 0.6 is 0 Å². The second-order valence-electron chi connectivity index (χ2n) is 4.10. The van der Waals surface area contributed by atoms with Crippen LogP contribution < -0.4 is 15.8 Å². The predicted octanol–water partition coefficient (Wildman–Crippen LogP) is 1.67. The lowest BCUT2D eigenvalue weighted by Gasteiger charge is -2.14. The maximum absolute atomic E-state index is 12.1. The van der Waals surface area contributed by atoms with Gasteiger partial charge in [-0.05, 0) is 25.1 Å². The third kappa shape index (κ3) is 2.85. The number of nitrogen functional groups attached to an aromatic ring is 1. The van der Waals surface area contributed by atoms with Gasteiger partial charge < -0.3 is 15.8 Å². The number of rotatable bonds is 4. The number of amides is 1. The number of carbonyl (C=O) groups excluding carboxylic acids is 1. The fourth-order valence-electron chi connectivity index (χ4n) is 1.64. The minimum atomic E-state index is -0.416. The fourth-order valence-corrected chi connectivity index (χ4v) is 1.64. The van der Waals surface area contributed by atoms with Crippen LogP contribution in [0.4, 0.5) is 11.4 Å². The lowest BCUT2D eigenvalue weighted by molar-refractivity contribution is -0.119. The number of nitrogens with two attached hydrogens (primary N) is 1. The Morgan fingerprint density at radius 2 is 2.32 bits per heavy atom. The van der Waals surface area contributed by atoms with Crippen LogP contribution in [0.1, 0.15) is 13.0 Å². The van der Waals surface area contributed by atoms with Crippen LogP contribution in [-0.4, -0.2) is 22.8 Å². The van der Waals surface area contributed by atoms with Gasteiger partial charge >= 0.3 is 0 Å². The Hall–Kier alpha value is -2.50. The highest BCUT2D eigenvalue weighted by molar-refractivity contribution is 5.96. The average Bonchev–Trinajstić information content (AvgIpc) is 2.94. The molecule has 1 atom stereocenters. The molecule has 0 bridgehead atoms. The summed E-state index contributed by atoms with van der Waals surface area (Å²) in [7, 11) is 1.56. The number of benzene rings is 1. The first-order chi connectivity index (χ1) is 9.11. The molecule has 1 aromatic carbocycles. The van der Waals surface area contributed by atoms with E-state index in [4.69, 9.17) is 10.5 Å². The number of nitrogens with one attached hydrogen (secondary N) is 1. The molecule has 100 valence electrons. The first-order valence-electron chi connectivity index (χ1n) is 5.85. The van der Waals surface area contributed by atoms with Crippen molar-refractivity contribution < 1.29 is 9.53 Å². The van der Waals surface area contributed by atoms with E-state index < -0.39 is 6.04 Å². The Morgan fingerprint density at radius 1 is 1.53 bits per heavy atom. The molecule has 2 aromatic rings. The summed E-state index contributed by atoms with van der Waals surface area (Å²) in [6, 6.07) is 6.46. The zero-order chi connectivity index (χ0) is 13.8. The third-order valence-electron chi connectivity index (χ3n) is 2.82. The molecule has 0 saturated heterocycles. The summed E-state index contributed by atoms with van der Waals surface area (Å²) in [5.41, 5.74) is 6.84. The van der Waals surface area contributed by atoms with E-state index in [1.54, 1.807) is 55.4 Å². The Kier molecular flexibility index (Phi) is 3.70. The molecule has 0 aliphatic heterocycles. The van der Waals surface area contributed by atoms with Crippen LogP contribution in [0, 0.1) is 0 Å². The minimum absolute atomic E-state index is 0.191. The van der Waals surface area contributed by atoms with Gasteiger partial charge in [0.05, 0.1) is 18.5 Å². The standard InChI is InChI=1S/C13H16N4O2/c1-9(17-7-3-6-15-17)13(18)16-12-8-10(19-2)4-5-11(12)14/h3-9H,14H2,1-2H3,(H,16,18). The van der Waals surface area contributed by atoms with E-state index in [-0.39, 0.29) is 5.91 Å². The molecule has 19 heavy (non-hydrogen) atoms. The Labute approximate surface area is 111 Å². The van der Waals surface area contributed by atoms with E-state index in [0.717, 1.165) is 0 Å². The SMILES string of the molecule is COc1ccc(N)c(NC(=O)C(C)n2cccn2)c1. The molecule has 3 N–H and O–H groups in total. The van der Waals surface area contributed by atoms with Crippen molar-refractivity contribution in [3.8, 4) is 5.75 Å². The molecule has 0 aliphatic rings. The van der Waals surface area contributed by atoms with E-state index in [2.05, 4.69) is 10.4 Å². The fraction of sp³-hybridized carbons (Fsp3) is 0.231. The predicted molar refractivity (Wildman–Crippen MR) is 73.0 cm³/mol. The van der Waals surface area contributed by atoms with Crippen LogP contribution in [0.3, 0.4) is 0 Å². The van der Waals surface area contributed by atoms with Crippen molar-refractivity contribution in [2.24, 2.45) is 0 Å². The van der Waals surface area contributed by atoms with Gasteiger partial charge in [0.1, 0.15) is 11.8 Å². The Bertz CT molecular complexity index is 566. The summed E-state index contributed by atoms with van der Waals surface area (Å²) in [6.45, 7) is 1.76. The quantitative estimate of drug-likeness (QED) is 0.819. The maximum Gasteiger partial charge on any atom is 0.249 e. The van der Waals surface area contributed by atoms with Gasteiger partial charge in [0, 0.05) is 18.5 Å². The molecule has 0 saturated carbocycles. The molecule has 1 aromatic heterocycles. The molecule has 1 unspecified atom stereocenters. The summed E-state index contributed by atoms with van der Waals surface area (Å²) in [4.78, 5) is 12.1. The van der Waals surface area contributed by atoms with Crippen molar-refractivity contribution in [2.75, 3.05) is 18.2 Å². The zero-order valence-corrected chi connectivity index (χ0v) is 10.8.